The van der Waals surface area contributed by atoms with E-state index in [1.54, 1.807) is 0 Å². The van der Waals surface area contributed by atoms with Crippen molar-refractivity contribution in [3.05, 3.63) is 0 Å². The number of esters is 2. The van der Waals surface area contributed by atoms with Crippen molar-refractivity contribution in [2.24, 2.45) is 23.7 Å². The highest BCUT2D eigenvalue weighted by Crippen LogP contribution is 2.32. The SMILES string of the molecule is CC(C)CCCCCCCCCCOC(=O)C1CCCCC1C(=O)OCCCCCC(C)C. The number of hydrogen-bond donors (Lipinski definition) is 0. The Morgan fingerprint density at radius 3 is 1.30 bits per heavy atom. The topological polar surface area (TPSA) is 52.6 Å². The van der Waals surface area contributed by atoms with Crippen LogP contribution in [0.4, 0.5) is 0 Å². The fourth-order valence-electron chi connectivity index (χ4n) is 4.80. The van der Waals surface area contributed by atoms with E-state index in [9.17, 15) is 9.59 Å². The molecule has 0 aromatic carbocycles. The van der Waals surface area contributed by atoms with E-state index < -0.39 is 0 Å². The van der Waals surface area contributed by atoms with Crippen LogP contribution in [0, 0.1) is 23.7 Å². The van der Waals surface area contributed by atoms with E-state index in [-0.39, 0.29) is 23.8 Å². The monoisotopic (exact) mass is 466 g/mol. The van der Waals surface area contributed by atoms with Crippen molar-refractivity contribution >= 4 is 11.9 Å². The van der Waals surface area contributed by atoms with Crippen LogP contribution in [0.25, 0.3) is 0 Å². The van der Waals surface area contributed by atoms with Crippen molar-refractivity contribution in [3.8, 4) is 0 Å². The Balaban J connectivity index is 2.13. The normalized spacial score (nSPS) is 18.6. The third-order valence-electron chi connectivity index (χ3n) is 6.96. The zero-order chi connectivity index (χ0) is 24.3. The number of carbonyl (C=O) groups is 2. The quantitative estimate of drug-likeness (QED) is 0.142. The van der Waals surface area contributed by atoms with E-state index in [4.69, 9.17) is 9.47 Å². The molecule has 0 heterocycles. The van der Waals surface area contributed by atoms with Crippen LogP contribution in [0.2, 0.25) is 0 Å². The van der Waals surface area contributed by atoms with Gasteiger partial charge in [-0.3, -0.25) is 9.59 Å². The summed E-state index contributed by atoms with van der Waals surface area (Å²) in [6, 6.07) is 0. The van der Waals surface area contributed by atoms with Gasteiger partial charge < -0.3 is 9.47 Å². The maximum atomic E-state index is 12.6. The molecular weight excluding hydrogens is 412 g/mol. The number of hydrogen-bond acceptors (Lipinski definition) is 4. The summed E-state index contributed by atoms with van der Waals surface area (Å²) in [6.07, 6.45) is 19.2. The minimum Gasteiger partial charge on any atom is -0.465 e. The summed E-state index contributed by atoms with van der Waals surface area (Å²) in [5, 5.41) is 0. The summed E-state index contributed by atoms with van der Waals surface area (Å²) in [5.41, 5.74) is 0. The Morgan fingerprint density at radius 2 is 0.909 bits per heavy atom. The standard InChI is InChI=1S/C29H54O4/c1-24(2)18-12-9-7-5-6-8-10-16-22-32-28(30)26-20-14-15-21-27(26)29(31)33-23-17-11-13-19-25(3)4/h24-27H,5-23H2,1-4H3. The molecule has 4 heteroatoms. The zero-order valence-corrected chi connectivity index (χ0v) is 22.4. The Labute approximate surface area is 205 Å². The van der Waals surface area contributed by atoms with Gasteiger partial charge in [0.1, 0.15) is 0 Å². The molecular formula is C29H54O4. The van der Waals surface area contributed by atoms with Crippen LogP contribution in [0.3, 0.4) is 0 Å². The fourth-order valence-corrected chi connectivity index (χ4v) is 4.80. The second-order valence-corrected chi connectivity index (χ2v) is 11.1. The van der Waals surface area contributed by atoms with Gasteiger partial charge in [0.25, 0.3) is 0 Å². The Hall–Kier alpha value is -1.06. The summed E-state index contributed by atoms with van der Waals surface area (Å²) in [4.78, 5) is 25.2. The lowest BCUT2D eigenvalue weighted by Crippen LogP contribution is -2.35. The largest absolute Gasteiger partial charge is 0.465 e. The van der Waals surface area contributed by atoms with E-state index in [0.717, 1.165) is 63.2 Å². The zero-order valence-electron chi connectivity index (χ0n) is 22.4. The Bertz CT molecular complexity index is 500. The predicted molar refractivity (Wildman–Crippen MR) is 137 cm³/mol. The molecule has 0 aromatic heterocycles. The first-order valence-corrected chi connectivity index (χ1v) is 14.2. The molecule has 1 saturated carbocycles. The molecule has 0 bridgehead atoms. The molecule has 4 nitrogen and oxygen atoms in total. The van der Waals surface area contributed by atoms with Crippen LogP contribution >= 0.6 is 0 Å². The number of rotatable bonds is 19. The van der Waals surface area contributed by atoms with Gasteiger partial charge >= 0.3 is 11.9 Å². The van der Waals surface area contributed by atoms with Gasteiger partial charge in [-0.2, -0.15) is 0 Å². The molecule has 33 heavy (non-hydrogen) atoms. The first kappa shape index (κ1) is 30.0. The summed E-state index contributed by atoms with van der Waals surface area (Å²) in [5.74, 6) is 0.570. The van der Waals surface area contributed by atoms with Gasteiger partial charge in [-0.05, 0) is 37.5 Å². The molecule has 1 fully saturated rings. The molecule has 1 rings (SSSR count). The average molecular weight is 467 g/mol. The van der Waals surface area contributed by atoms with Crippen molar-refractivity contribution in [2.75, 3.05) is 13.2 Å². The van der Waals surface area contributed by atoms with E-state index in [2.05, 4.69) is 27.7 Å². The highest BCUT2D eigenvalue weighted by atomic mass is 16.5. The van der Waals surface area contributed by atoms with Crippen LogP contribution in [0.15, 0.2) is 0 Å². The third kappa shape index (κ3) is 15.5. The highest BCUT2D eigenvalue weighted by molar-refractivity contribution is 5.82. The van der Waals surface area contributed by atoms with Gasteiger partial charge in [0.05, 0.1) is 25.0 Å². The second-order valence-electron chi connectivity index (χ2n) is 11.1. The minimum absolute atomic E-state index is 0.182. The molecule has 2 atom stereocenters. The van der Waals surface area contributed by atoms with Gasteiger partial charge in [0.2, 0.25) is 0 Å². The summed E-state index contributed by atoms with van der Waals surface area (Å²) < 4.78 is 11.1. The molecule has 1 aliphatic carbocycles. The molecule has 0 saturated heterocycles. The maximum absolute atomic E-state index is 12.6. The second kappa shape index (κ2) is 19.3. The van der Waals surface area contributed by atoms with E-state index >= 15 is 0 Å². The van der Waals surface area contributed by atoms with E-state index in [1.807, 2.05) is 0 Å². The third-order valence-corrected chi connectivity index (χ3v) is 6.96. The summed E-state index contributed by atoms with van der Waals surface area (Å²) in [6.45, 7) is 10.0. The lowest BCUT2D eigenvalue weighted by molar-refractivity contribution is -0.163. The summed E-state index contributed by atoms with van der Waals surface area (Å²) in [7, 11) is 0. The molecule has 194 valence electrons. The molecule has 0 spiro atoms. The van der Waals surface area contributed by atoms with Crippen molar-refractivity contribution in [2.45, 2.75) is 137 Å². The smallest absolute Gasteiger partial charge is 0.309 e. The van der Waals surface area contributed by atoms with E-state index in [1.165, 1.54) is 57.8 Å². The lowest BCUT2D eigenvalue weighted by Gasteiger charge is -2.28. The summed E-state index contributed by atoms with van der Waals surface area (Å²) >= 11 is 0. The van der Waals surface area contributed by atoms with Crippen LogP contribution in [0.5, 0.6) is 0 Å². The molecule has 0 aliphatic heterocycles. The number of ether oxygens (including phenoxy) is 2. The number of unbranched alkanes of at least 4 members (excludes halogenated alkanes) is 9. The van der Waals surface area contributed by atoms with Gasteiger partial charge in [-0.25, -0.2) is 0 Å². The van der Waals surface area contributed by atoms with Gasteiger partial charge in [0.15, 0.2) is 0 Å². The lowest BCUT2D eigenvalue weighted by atomic mass is 9.79. The van der Waals surface area contributed by atoms with Gasteiger partial charge in [0, 0.05) is 0 Å². The van der Waals surface area contributed by atoms with Crippen molar-refractivity contribution in [1.82, 2.24) is 0 Å². The Morgan fingerprint density at radius 1 is 0.576 bits per heavy atom. The molecule has 2 unspecified atom stereocenters. The van der Waals surface area contributed by atoms with Crippen LogP contribution < -0.4 is 0 Å². The molecule has 0 amide bonds. The van der Waals surface area contributed by atoms with Crippen molar-refractivity contribution in [3.63, 3.8) is 0 Å². The predicted octanol–water partition coefficient (Wildman–Crippen LogP) is 8.26. The minimum atomic E-state index is -0.308. The maximum Gasteiger partial charge on any atom is 0.309 e. The van der Waals surface area contributed by atoms with Crippen molar-refractivity contribution < 1.29 is 19.1 Å². The molecule has 0 aromatic rings. The van der Waals surface area contributed by atoms with Crippen LogP contribution in [-0.4, -0.2) is 25.2 Å². The fraction of sp³-hybridized carbons (Fsp3) is 0.931. The van der Waals surface area contributed by atoms with Crippen LogP contribution in [-0.2, 0) is 19.1 Å². The van der Waals surface area contributed by atoms with Crippen LogP contribution in [0.1, 0.15) is 137 Å². The number of carbonyl (C=O) groups excluding carboxylic acids is 2. The van der Waals surface area contributed by atoms with E-state index in [0.29, 0.717) is 13.2 Å². The molecule has 0 radical (unpaired) electrons. The van der Waals surface area contributed by atoms with Gasteiger partial charge in [-0.1, -0.05) is 111 Å². The van der Waals surface area contributed by atoms with Gasteiger partial charge in [-0.15, -0.1) is 0 Å². The first-order chi connectivity index (χ1) is 15.9. The first-order valence-electron chi connectivity index (χ1n) is 14.2. The Kier molecular flexibility index (Phi) is 17.5. The molecule has 1 aliphatic rings. The average Bonchev–Trinajstić information content (AvgIpc) is 2.79. The van der Waals surface area contributed by atoms with Crippen molar-refractivity contribution in [1.29, 1.82) is 0 Å². The highest BCUT2D eigenvalue weighted by Gasteiger charge is 2.37. The molecule has 0 N–H and O–H groups in total.